The number of aryl methyl sites for hydroxylation is 4. The van der Waals surface area contributed by atoms with Crippen LogP contribution in [0, 0.1) is 27.7 Å². The fourth-order valence-corrected chi connectivity index (χ4v) is 8.89. The van der Waals surface area contributed by atoms with Crippen LogP contribution in [-0.2, 0) is 15.1 Å². The van der Waals surface area contributed by atoms with Gasteiger partial charge in [0.25, 0.3) is 0 Å². The molecule has 32 heavy (non-hydrogen) atoms. The third-order valence-electron chi connectivity index (χ3n) is 6.13. The molecule has 2 atom stereocenters. The van der Waals surface area contributed by atoms with Gasteiger partial charge in [-0.05, 0) is 85.6 Å². The first-order valence-corrected chi connectivity index (χ1v) is 14.2. The second kappa shape index (κ2) is 10.2. The standard InChI is InChI=1S/C27H31NOS3/c1-19-11-13-24(14-12-19)32(29)28-26(25-18-21(3)20(2)17-22(25)4)27(30-15-8-16-31-27)23-9-6-5-7-10-23/h5-7,9-14,17-18,26,28H,8,15-16H2,1-4H3/t26-,32+/m1/s1. The maximum absolute atomic E-state index is 13.6. The normalized spacial score (nSPS) is 17.6. The molecule has 1 fully saturated rings. The lowest BCUT2D eigenvalue weighted by molar-refractivity contribution is 0.586. The third-order valence-corrected chi connectivity index (χ3v) is 10.8. The first-order valence-electron chi connectivity index (χ1n) is 11.1. The molecule has 0 saturated carbocycles. The molecule has 1 heterocycles. The molecule has 1 N–H and O–H groups in total. The summed E-state index contributed by atoms with van der Waals surface area (Å²) in [4.78, 5) is 0.816. The van der Waals surface area contributed by atoms with E-state index in [0.717, 1.165) is 16.4 Å². The summed E-state index contributed by atoms with van der Waals surface area (Å²) in [5.74, 6) is 2.20. The minimum atomic E-state index is -1.32. The molecule has 1 saturated heterocycles. The van der Waals surface area contributed by atoms with E-state index in [0.29, 0.717) is 0 Å². The summed E-state index contributed by atoms with van der Waals surface area (Å²) in [6.07, 6.45) is 1.20. The number of nitrogens with one attached hydrogen (secondary N) is 1. The van der Waals surface area contributed by atoms with Crippen LogP contribution in [0.25, 0.3) is 0 Å². The van der Waals surface area contributed by atoms with E-state index in [-0.39, 0.29) is 10.1 Å². The topological polar surface area (TPSA) is 29.1 Å². The molecule has 168 valence electrons. The van der Waals surface area contributed by atoms with Crippen LogP contribution in [-0.4, -0.2) is 15.7 Å². The molecule has 1 aliphatic rings. The van der Waals surface area contributed by atoms with Crippen LogP contribution in [0.4, 0.5) is 0 Å². The summed E-state index contributed by atoms with van der Waals surface area (Å²) in [7, 11) is -1.32. The summed E-state index contributed by atoms with van der Waals surface area (Å²) in [5, 5.41) is 0. The second-order valence-electron chi connectivity index (χ2n) is 8.51. The monoisotopic (exact) mass is 481 g/mol. The molecular formula is C27H31NOS3. The largest absolute Gasteiger partial charge is 0.237 e. The predicted octanol–water partition coefficient (Wildman–Crippen LogP) is 7.00. The van der Waals surface area contributed by atoms with E-state index in [1.165, 1.54) is 39.8 Å². The van der Waals surface area contributed by atoms with Gasteiger partial charge in [-0.15, -0.1) is 23.5 Å². The van der Waals surface area contributed by atoms with Crippen LogP contribution in [0.2, 0.25) is 0 Å². The molecule has 3 aromatic carbocycles. The maximum atomic E-state index is 13.6. The van der Waals surface area contributed by atoms with Crippen LogP contribution in [0.1, 0.15) is 45.8 Å². The summed E-state index contributed by atoms with van der Waals surface area (Å²) < 4.78 is 17.0. The Balaban J connectivity index is 1.85. The summed E-state index contributed by atoms with van der Waals surface area (Å²) in [6, 6.07) is 23.2. The molecule has 4 rings (SSSR count). The molecule has 0 aliphatic carbocycles. The summed E-state index contributed by atoms with van der Waals surface area (Å²) in [6.45, 7) is 8.57. The van der Waals surface area contributed by atoms with Gasteiger partial charge in [-0.2, -0.15) is 0 Å². The smallest absolute Gasteiger partial charge is 0.125 e. The molecule has 0 aromatic heterocycles. The molecule has 1 aliphatic heterocycles. The molecular weight excluding hydrogens is 451 g/mol. The highest BCUT2D eigenvalue weighted by molar-refractivity contribution is 8.18. The Morgan fingerprint density at radius 1 is 0.844 bits per heavy atom. The van der Waals surface area contributed by atoms with Gasteiger partial charge in [-0.1, -0.05) is 60.2 Å². The molecule has 5 heteroatoms. The molecule has 0 amide bonds. The Hall–Kier alpha value is -1.53. The fraction of sp³-hybridized carbons (Fsp3) is 0.333. The van der Waals surface area contributed by atoms with Crippen molar-refractivity contribution in [2.24, 2.45) is 0 Å². The average Bonchev–Trinajstić information content (AvgIpc) is 2.81. The summed E-state index contributed by atoms with van der Waals surface area (Å²) >= 11 is 3.98. The maximum Gasteiger partial charge on any atom is 0.125 e. The lowest BCUT2D eigenvalue weighted by Gasteiger charge is -2.43. The number of hydrogen-bond donors (Lipinski definition) is 1. The van der Waals surface area contributed by atoms with Gasteiger partial charge in [-0.3, -0.25) is 0 Å². The first kappa shape index (κ1) is 23.6. The van der Waals surface area contributed by atoms with Gasteiger partial charge in [-0.25, -0.2) is 8.93 Å². The fourth-order valence-electron chi connectivity index (χ4n) is 4.20. The SMILES string of the molecule is Cc1ccc([S@](=O)N[C@H](c2cc(C)c(C)cc2C)C2(c3ccccc3)SCCCS2)cc1. The highest BCUT2D eigenvalue weighted by Gasteiger charge is 2.45. The minimum Gasteiger partial charge on any atom is -0.237 e. The predicted molar refractivity (Wildman–Crippen MR) is 142 cm³/mol. The van der Waals surface area contributed by atoms with Crippen LogP contribution in [0.3, 0.4) is 0 Å². The van der Waals surface area contributed by atoms with Crippen molar-refractivity contribution in [1.82, 2.24) is 4.72 Å². The van der Waals surface area contributed by atoms with Crippen molar-refractivity contribution in [1.29, 1.82) is 0 Å². The van der Waals surface area contributed by atoms with Gasteiger partial charge < -0.3 is 0 Å². The van der Waals surface area contributed by atoms with Gasteiger partial charge in [0.05, 0.1) is 10.9 Å². The first-order chi connectivity index (χ1) is 15.4. The average molecular weight is 482 g/mol. The van der Waals surface area contributed by atoms with Crippen molar-refractivity contribution in [3.8, 4) is 0 Å². The van der Waals surface area contributed by atoms with E-state index in [4.69, 9.17) is 0 Å². The van der Waals surface area contributed by atoms with Gasteiger partial charge in [0.15, 0.2) is 0 Å². The van der Waals surface area contributed by atoms with Gasteiger partial charge in [0.1, 0.15) is 15.1 Å². The van der Waals surface area contributed by atoms with Crippen molar-refractivity contribution in [3.05, 3.63) is 100 Å². The van der Waals surface area contributed by atoms with E-state index in [2.05, 4.69) is 74.9 Å². The van der Waals surface area contributed by atoms with E-state index >= 15 is 0 Å². The molecule has 0 bridgehead atoms. The zero-order valence-electron chi connectivity index (χ0n) is 19.2. The van der Waals surface area contributed by atoms with Crippen molar-refractivity contribution in [2.45, 2.75) is 49.1 Å². The number of thioether (sulfide) groups is 2. The van der Waals surface area contributed by atoms with E-state index in [1.54, 1.807) is 0 Å². The van der Waals surface area contributed by atoms with E-state index in [1.807, 2.05) is 47.8 Å². The highest BCUT2D eigenvalue weighted by Crippen LogP contribution is 2.58. The number of benzene rings is 3. The molecule has 0 radical (unpaired) electrons. The second-order valence-corrected chi connectivity index (χ2v) is 12.7. The molecule has 3 aromatic rings. The van der Waals surface area contributed by atoms with Crippen molar-refractivity contribution in [2.75, 3.05) is 11.5 Å². The van der Waals surface area contributed by atoms with Crippen LogP contribution >= 0.6 is 23.5 Å². The molecule has 0 unspecified atom stereocenters. The third kappa shape index (κ3) is 4.86. The zero-order valence-corrected chi connectivity index (χ0v) is 21.6. The van der Waals surface area contributed by atoms with Gasteiger partial charge in [0, 0.05) is 0 Å². The highest BCUT2D eigenvalue weighted by atomic mass is 32.2. The van der Waals surface area contributed by atoms with Crippen molar-refractivity contribution < 1.29 is 4.21 Å². The number of rotatable bonds is 6. The number of hydrogen-bond acceptors (Lipinski definition) is 3. The van der Waals surface area contributed by atoms with E-state index in [9.17, 15) is 4.21 Å². The quantitative estimate of drug-likeness (QED) is 0.411. The Bertz CT molecular complexity index is 1090. The Morgan fingerprint density at radius 2 is 1.47 bits per heavy atom. The molecule has 2 nitrogen and oxygen atoms in total. The Morgan fingerprint density at radius 3 is 2.12 bits per heavy atom. The van der Waals surface area contributed by atoms with Crippen LogP contribution < -0.4 is 4.72 Å². The van der Waals surface area contributed by atoms with Crippen LogP contribution in [0.5, 0.6) is 0 Å². The Kier molecular flexibility index (Phi) is 7.51. The minimum absolute atomic E-state index is 0.0957. The van der Waals surface area contributed by atoms with Gasteiger partial charge in [0.2, 0.25) is 0 Å². The van der Waals surface area contributed by atoms with E-state index < -0.39 is 11.0 Å². The van der Waals surface area contributed by atoms with Crippen molar-refractivity contribution >= 4 is 34.5 Å². The molecule has 0 spiro atoms. The lowest BCUT2D eigenvalue weighted by atomic mass is 9.92. The Labute approximate surface area is 203 Å². The van der Waals surface area contributed by atoms with Crippen molar-refractivity contribution in [3.63, 3.8) is 0 Å². The lowest BCUT2D eigenvalue weighted by Crippen LogP contribution is -2.40. The van der Waals surface area contributed by atoms with Gasteiger partial charge >= 0.3 is 0 Å². The van der Waals surface area contributed by atoms with Crippen LogP contribution in [0.15, 0.2) is 71.6 Å². The summed E-state index contributed by atoms with van der Waals surface area (Å²) in [5.41, 5.74) is 7.50. The zero-order chi connectivity index (χ0) is 22.7.